The lowest BCUT2D eigenvalue weighted by Gasteiger charge is -2.31. The summed E-state index contributed by atoms with van der Waals surface area (Å²) in [5, 5.41) is 9.25. The second-order valence-electron chi connectivity index (χ2n) is 5.26. The summed E-state index contributed by atoms with van der Waals surface area (Å²) < 4.78 is 42.7. The first kappa shape index (κ1) is 12.8. The Kier molecular flexibility index (Phi) is 2.85. The highest BCUT2D eigenvalue weighted by atomic mass is 19.4. The molecule has 0 spiro atoms. The van der Waals surface area contributed by atoms with Crippen molar-refractivity contribution >= 4 is 0 Å². The number of hydrogen-bond acceptors (Lipinski definition) is 2. The Morgan fingerprint density at radius 3 is 2.00 bits per heavy atom. The third kappa shape index (κ3) is 2.64. The predicted octanol–water partition coefficient (Wildman–Crippen LogP) is 2.50. The average molecular weight is 226 g/mol. The van der Waals surface area contributed by atoms with Crippen molar-refractivity contribution in [1.29, 1.82) is 0 Å². The summed E-state index contributed by atoms with van der Waals surface area (Å²) in [4.78, 5) is 0. The maximum atomic E-state index is 12.4. The minimum Gasteiger partial charge on any atom is -0.383 e. The molecule has 1 N–H and O–H groups in total. The van der Waals surface area contributed by atoms with Gasteiger partial charge >= 0.3 is 6.18 Å². The normalized spacial score (nSPS) is 31.6. The van der Waals surface area contributed by atoms with Crippen molar-refractivity contribution in [1.82, 2.24) is 0 Å². The zero-order chi connectivity index (χ0) is 12.1. The first-order chi connectivity index (χ1) is 6.46. The van der Waals surface area contributed by atoms with Gasteiger partial charge < -0.3 is 9.84 Å². The van der Waals surface area contributed by atoms with Crippen molar-refractivity contribution in [3.63, 3.8) is 0 Å². The van der Waals surface area contributed by atoms with E-state index >= 15 is 0 Å². The monoisotopic (exact) mass is 226 g/mol. The van der Waals surface area contributed by atoms with Gasteiger partial charge in [0.15, 0.2) is 6.10 Å². The van der Waals surface area contributed by atoms with E-state index in [2.05, 4.69) is 0 Å². The van der Waals surface area contributed by atoms with E-state index in [1.54, 1.807) is 27.7 Å². The second kappa shape index (κ2) is 3.35. The molecule has 1 aliphatic heterocycles. The number of hydrogen-bond donors (Lipinski definition) is 1. The van der Waals surface area contributed by atoms with E-state index in [4.69, 9.17) is 4.74 Å². The van der Waals surface area contributed by atoms with Gasteiger partial charge in [-0.05, 0) is 34.1 Å². The molecular formula is C10H17F3O2. The van der Waals surface area contributed by atoms with Crippen molar-refractivity contribution < 1.29 is 23.0 Å². The van der Waals surface area contributed by atoms with Crippen LogP contribution in [0.4, 0.5) is 13.2 Å². The molecule has 0 aromatic carbocycles. The molecule has 0 saturated carbocycles. The predicted molar refractivity (Wildman–Crippen MR) is 49.4 cm³/mol. The van der Waals surface area contributed by atoms with Crippen molar-refractivity contribution in [2.75, 3.05) is 0 Å². The van der Waals surface area contributed by atoms with E-state index in [1.165, 1.54) is 0 Å². The quantitative estimate of drug-likeness (QED) is 0.744. The Balaban J connectivity index is 2.88. The highest BCUT2D eigenvalue weighted by molar-refractivity contribution is 4.98. The van der Waals surface area contributed by atoms with Gasteiger partial charge in [-0.15, -0.1) is 0 Å². The van der Waals surface area contributed by atoms with Crippen molar-refractivity contribution in [2.45, 2.75) is 57.6 Å². The molecule has 0 radical (unpaired) electrons. The fourth-order valence-electron chi connectivity index (χ4n) is 2.32. The van der Waals surface area contributed by atoms with Crippen LogP contribution in [0.15, 0.2) is 0 Å². The number of aliphatic hydroxyl groups excluding tert-OH is 1. The second-order valence-corrected chi connectivity index (χ2v) is 5.26. The lowest BCUT2D eigenvalue weighted by atomic mass is 9.83. The summed E-state index contributed by atoms with van der Waals surface area (Å²) >= 11 is 0. The zero-order valence-corrected chi connectivity index (χ0v) is 9.35. The van der Waals surface area contributed by atoms with E-state index in [1.807, 2.05) is 0 Å². The van der Waals surface area contributed by atoms with Gasteiger partial charge in [-0.2, -0.15) is 13.2 Å². The van der Waals surface area contributed by atoms with E-state index in [9.17, 15) is 18.3 Å². The molecule has 0 aliphatic carbocycles. The molecule has 0 bridgehead atoms. The summed E-state index contributed by atoms with van der Waals surface area (Å²) in [5.41, 5.74) is -1.56. The van der Waals surface area contributed by atoms with Crippen LogP contribution in [-0.4, -0.2) is 28.6 Å². The summed E-state index contributed by atoms with van der Waals surface area (Å²) in [5.74, 6) is -0.910. The van der Waals surface area contributed by atoms with Gasteiger partial charge in [-0.1, -0.05) is 0 Å². The summed E-state index contributed by atoms with van der Waals surface area (Å²) in [7, 11) is 0. The van der Waals surface area contributed by atoms with E-state index < -0.39 is 29.4 Å². The smallest absolute Gasteiger partial charge is 0.383 e. The Morgan fingerprint density at radius 1 is 1.27 bits per heavy atom. The van der Waals surface area contributed by atoms with Crippen LogP contribution in [0.25, 0.3) is 0 Å². The molecule has 15 heavy (non-hydrogen) atoms. The third-order valence-corrected chi connectivity index (χ3v) is 2.86. The van der Waals surface area contributed by atoms with Gasteiger partial charge in [0.25, 0.3) is 0 Å². The van der Waals surface area contributed by atoms with Gasteiger partial charge in [0.05, 0.1) is 11.2 Å². The molecule has 0 aromatic rings. The Hall–Kier alpha value is -0.290. The minimum atomic E-state index is -4.58. The standard InChI is InChI=1S/C10H17F3O2/c1-8(2)5-6(9(3,4)15-8)7(14)10(11,12)13/h6-7,14H,5H2,1-4H3/t6?,7-/m1/s1. The fourth-order valence-corrected chi connectivity index (χ4v) is 2.32. The van der Waals surface area contributed by atoms with E-state index in [-0.39, 0.29) is 6.42 Å². The molecule has 90 valence electrons. The van der Waals surface area contributed by atoms with E-state index in [0.717, 1.165) is 0 Å². The highest BCUT2D eigenvalue weighted by Gasteiger charge is 2.55. The Labute approximate surface area is 87.4 Å². The van der Waals surface area contributed by atoms with Crippen molar-refractivity contribution in [3.8, 4) is 0 Å². The molecule has 2 atom stereocenters. The molecule has 2 nitrogen and oxygen atoms in total. The summed E-state index contributed by atoms with van der Waals surface area (Å²) in [6, 6.07) is 0. The molecule has 1 saturated heterocycles. The number of halogens is 3. The number of ether oxygens (including phenoxy) is 1. The molecule has 1 fully saturated rings. The first-order valence-electron chi connectivity index (χ1n) is 4.91. The van der Waals surface area contributed by atoms with Crippen molar-refractivity contribution in [3.05, 3.63) is 0 Å². The molecule has 0 aromatic heterocycles. The minimum absolute atomic E-state index is 0.209. The Bertz CT molecular complexity index is 246. The third-order valence-electron chi connectivity index (χ3n) is 2.86. The van der Waals surface area contributed by atoms with Gasteiger partial charge in [-0.3, -0.25) is 0 Å². The molecule has 1 aliphatic rings. The van der Waals surface area contributed by atoms with Crippen LogP contribution in [0.3, 0.4) is 0 Å². The molecule has 1 unspecified atom stereocenters. The van der Waals surface area contributed by atoms with Gasteiger partial charge in [0, 0.05) is 5.92 Å². The Morgan fingerprint density at radius 2 is 1.73 bits per heavy atom. The zero-order valence-electron chi connectivity index (χ0n) is 9.35. The average Bonchev–Trinajstić information content (AvgIpc) is 2.15. The lowest BCUT2D eigenvalue weighted by molar-refractivity contribution is -0.230. The summed E-state index contributed by atoms with van der Waals surface area (Å²) in [6.45, 7) is 6.64. The summed E-state index contributed by atoms with van der Waals surface area (Å²) in [6.07, 6.45) is -6.68. The molecule has 0 amide bonds. The maximum Gasteiger partial charge on any atom is 0.414 e. The number of alkyl halides is 3. The molecular weight excluding hydrogens is 209 g/mol. The van der Waals surface area contributed by atoms with Crippen LogP contribution >= 0.6 is 0 Å². The van der Waals surface area contributed by atoms with Crippen LogP contribution in [0, 0.1) is 5.92 Å². The molecule has 5 heteroatoms. The largest absolute Gasteiger partial charge is 0.414 e. The van der Waals surface area contributed by atoms with Crippen LogP contribution in [0.2, 0.25) is 0 Å². The number of aliphatic hydroxyl groups is 1. The van der Waals surface area contributed by atoms with E-state index in [0.29, 0.717) is 0 Å². The first-order valence-corrected chi connectivity index (χ1v) is 4.91. The van der Waals surface area contributed by atoms with Gasteiger partial charge in [-0.25, -0.2) is 0 Å². The van der Waals surface area contributed by atoms with Gasteiger partial charge in [0.1, 0.15) is 0 Å². The van der Waals surface area contributed by atoms with Gasteiger partial charge in [0.2, 0.25) is 0 Å². The maximum absolute atomic E-state index is 12.4. The van der Waals surface area contributed by atoms with Crippen LogP contribution in [0.5, 0.6) is 0 Å². The topological polar surface area (TPSA) is 29.5 Å². The SMILES string of the molecule is CC1(C)CC([C@@H](O)C(F)(F)F)C(C)(C)O1. The molecule has 1 rings (SSSR count). The van der Waals surface area contributed by atoms with Crippen LogP contribution in [-0.2, 0) is 4.74 Å². The van der Waals surface area contributed by atoms with Crippen LogP contribution < -0.4 is 0 Å². The highest BCUT2D eigenvalue weighted by Crippen LogP contribution is 2.46. The fraction of sp³-hybridized carbons (Fsp3) is 1.00. The van der Waals surface area contributed by atoms with Crippen molar-refractivity contribution in [2.24, 2.45) is 5.92 Å². The molecule has 1 heterocycles. The number of rotatable bonds is 1. The van der Waals surface area contributed by atoms with Crippen LogP contribution in [0.1, 0.15) is 34.1 Å². The lowest BCUT2D eigenvalue weighted by Crippen LogP contribution is -2.44.